The van der Waals surface area contributed by atoms with Gasteiger partial charge in [0.25, 0.3) is 0 Å². The summed E-state index contributed by atoms with van der Waals surface area (Å²) in [4.78, 5) is 0.296. The number of sulfonamides is 1. The largest absolute Gasteiger partial charge is 0.497 e. The quantitative estimate of drug-likeness (QED) is 0.632. The van der Waals surface area contributed by atoms with E-state index >= 15 is 0 Å². The fourth-order valence-electron chi connectivity index (χ4n) is 2.69. The first-order valence-corrected chi connectivity index (χ1v) is 9.75. The fraction of sp³-hybridized carbons (Fsp3) is 0.143. The third-order valence-electron chi connectivity index (χ3n) is 4.10. The van der Waals surface area contributed by atoms with Crippen molar-refractivity contribution >= 4 is 10.0 Å². The van der Waals surface area contributed by atoms with Crippen LogP contribution in [0.2, 0.25) is 0 Å². The van der Waals surface area contributed by atoms with Gasteiger partial charge < -0.3 is 4.74 Å². The van der Waals surface area contributed by atoms with E-state index in [-0.39, 0.29) is 6.54 Å². The Hall–Kier alpha value is -2.63. The van der Waals surface area contributed by atoms with Crippen molar-refractivity contribution in [2.24, 2.45) is 0 Å². The van der Waals surface area contributed by atoms with Crippen molar-refractivity contribution in [1.29, 1.82) is 0 Å². The summed E-state index contributed by atoms with van der Waals surface area (Å²) in [6.07, 6.45) is 0. The van der Waals surface area contributed by atoms with E-state index in [1.165, 1.54) is 4.31 Å². The van der Waals surface area contributed by atoms with Crippen LogP contribution in [0.1, 0.15) is 11.1 Å². The number of hydrogen-bond donors (Lipinski definition) is 0. The second-order valence-corrected chi connectivity index (χ2v) is 7.86. The van der Waals surface area contributed by atoms with Crippen molar-refractivity contribution in [2.75, 3.05) is 7.11 Å². The zero-order valence-corrected chi connectivity index (χ0v) is 15.4. The van der Waals surface area contributed by atoms with Crippen LogP contribution in [0.5, 0.6) is 5.75 Å². The highest BCUT2D eigenvalue weighted by atomic mass is 32.2. The lowest BCUT2D eigenvalue weighted by Crippen LogP contribution is -2.30. The topological polar surface area (TPSA) is 46.6 Å². The first-order valence-electron chi connectivity index (χ1n) is 8.31. The average Bonchev–Trinajstić information content (AvgIpc) is 2.69. The van der Waals surface area contributed by atoms with Crippen LogP contribution < -0.4 is 4.74 Å². The van der Waals surface area contributed by atoms with E-state index in [0.717, 1.165) is 16.9 Å². The molecule has 0 saturated carbocycles. The zero-order valence-electron chi connectivity index (χ0n) is 14.6. The molecule has 3 rings (SSSR count). The number of nitrogens with zero attached hydrogens (tertiary/aromatic N) is 1. The Bertz CT molecular complexity index is 924. The minimum atomic E-state index is -3.61. The monoisotopic (exact) mass is 367 g/mol. The van der Waals surface area contributed by atoms with Crippen molar-refractivity contribution in [2.45, 2.75) is 18.0 Å². The van der Waals surface area contributed by atoms with Gasteiger partial charge >= 0.3 is 0 Å². The van der Waals surface area contributed by atoms with Gasteiger partial charge in [0, 0.05) is 13.1 Å². The van der Waals surface area contributed by atoms with Gasteiger partial charge in [-0.05, 0) is 35.4 Å². The van der Waals surface area contributed by atoms with Crippen molar-refractivity contribution in [3.8, 4) is 5.75 Å². The highest BCUT2D eigenvalue weighted by molar-refractivity contribution is 7.89. The maximum Gasteiger partial charge on any atom is 0.243 e. The molecule has 0 fully saturated rings. The van der Waals surface area contributed by atoms with Gasteiger partial charge in [-0.3, -0.25) is 0 Å². The summed E-state index contributed by atoms with van der Waals surface area (Å²) in [5.41, 5.74) is 1.85. The van der Waals surface area contributed by atoms with Crippen LogP contribution in [0.3, 0.4) is 0 Å². The molecule has 0 amide bonds. The van der Waals surface area contributed by atoms with Gasteiger partial charge in [0.05, 0.1) is 12.0 Å². The predicted octanol–water partition coefficient (Wildman–Crippen LogP) is 4.09. The molecule has 4 nitrogen and oxygen atoms in total. The Balaban J connectivity index is 1.93. The number of rotatable bonds is 7. The molecular formula is C21H21NO3S. The molecule has 134 valence electrons. The van der Waals surface area contributed by atoms with Crippen LogP contribution in [0.15, 0.2) is 89.8 Å². The van der Waals surface area contributed by atoms with Gasteiger partial charge in [-0.1, -0.05) is 60.7 Å². The molecule has 26 heavy (non-hydrogen) atoms. The van der Waals surface area contributed by atoms with Crippen molar-refractivity contribution < 1.29 is 13.2 Å². The van der Waals surface area contributed by atoms with Crippen LogP contribution in [-0.2, 0) is 23.1 Å². The molecule has 0 aliphatic heterocycles. The predicted molar refractivity (Wildman–Crippen MR) is 102 cm³/mol. The standard InChI is InChI=1S/C21H21NO3S/c1-25-20-14-12-19(13-15-20)17-22(16-18-8-4-2-5-9-18)26(23,24)21-10-6-3-7-11-21/h2-15H,16-17H2,1H3. The zero-order chi connectivity index (χ0) is 18.4. The maximum atomic E-state index is 13.2. The molecule has 3 aromatic rings. The molecular weight excluding hydrogens is 346 g/mol. The Morgan fingerprint density at radius 3 is 1.77 bits per heavy atom. The Morgan fingerprint density at radius 2 is 1.23 bits per heavy atom. The summed E-state index contributed by atoms with van der Waals surface area (Å²) >= 11 is 0. The minimum Gasteiger partial charge on any atom is -0.497 e. The molecule has 0 saturated heterocycles. The lowest BCUT2D eigenvalue weighted by Gasteiger charge is -2.22. The van der Waals surface area contributed by atoms with Crippen LogP contribution in [0.25, 0.3) is 0 Å². The van der Waals surface area contributed by atoms with Gasteiger partial charge in [-0.15, -0.1) is 0 Å². The Morgan fingerprint density at radius 1 is 0.731 bits per heavy atom. The summed E-state index contributed by atoms with van der Waals surface area (Å²) in [5.74, 6) is 0.745. The molecule has 0 unspecified atom stereocenters. The molecule has 0 bridgehead atoms. The van der Waals surface area contributed by atoms with E-state index in [1.54, 1.807) is 31.4 Å². The molecule has 0 spiro atoms. The second-order valence-electron chi connectivity index (χ2n) is 5.92. The molecule has 0 heterocycles. The third-order valence-corrected chi connectivity index (χ3v) is 5.91. The van der Waals surface area contributed by atoms with E-state index in [0.29, 0.717) is 11.4 Å². The van der Waals surface area contributed by atoms with Crippen molar-refractivity contribution in [1.82, 2.24) is 4.31 Å². The lowest BCUT2D eigenvalue weighted by atomic mass is 10.2. The van der Waals surface area contributed by atoms with E-state index < -0.39 is 10.0 Å². The fourth-order valence-corrected chi connectivity index (χ4v) is 4.13. The van der Waals surface area contributed by atoms with E-state index in [9.17, 15) is 8.42 Å². The van der Waals surface area contributed by atoms with Gasteiger partial charge in [-0.25, -0.2) is 8.42 Å². The summed E-state index contributed by atoms with van der Waals surface area (Å²) in [6.45, 7) is 0.597. The summed E-state index contributed by atoms with van der Waals surface area (Å²) in [6, 6.07) is 25.6. The maximum absolute atomic E-state index is 13.2. The molecule has 0 aliphatic rings. The Labute approximate surface area is 154 Å². The van der Waals surface area contributed by atoms with Gasteiger partial charge in [0.2, 0.25) is 10.0 Å². The lowest BCUT2D eigenvalue weighted by molar-refractivity contribution is 0.399. The number of methoxy groups -OCH3 is 1. The second kappa shape index (κ2) is 8.17. The van der Waals surface area contributed by atoms with Crippen LogP contribution in [0, 0.1) is 0 Å². The average molecular weight is 367 g/mol. The summed E-state index contributed by atoms with van der Waals surface area (Å²) in [7, 11) is -2.00. The molecule has 0 radical (unpaired) electrons. The van der Waals surface area contributed by atoms with E-state index in [4.69, 9.17) is 4.74 Å². The molecule has 0 aromatic heterocycles. The third kappa shape index (κ3) is 4.31. The van der Waals surface area contributed by atoms with Gasteiger partial charge in [0.15, 0.2) is 0 Å². The van der Waals surface area contributed by atoms with Gasteiger partial charge in [0.1, 0.15) is 5.75 Å². The van der Waals surface area contributed by atoms with Crippen molar-refractivity contribution in [3.05, 3.63) is 96.1 Å². The van der Waals surface area contributed by atoms with Crippen molar-refractivity contribution in [3.63, 3.8) is 0 Å². The summed E-state index contributed by atoms with van der Waals surface area (Å²) < 4.78 is 33.0. The normalized spacial score (nSPS) is 11.5. The molecule has 0 atom stereocenters. The number of ether oxygens (including phenoxy) is 1. The smallest absolute Gasteiger partial charge is 0.243 e. The van der Waals surface area contributed by atoms with Gasteiger partial charge in [-0.2, -0.15) is 4.31 Å². The van der Waals surface area contributed by atoms with Crippen LogP contribution in [-0.4, -0.2) is 19.8 Å². The van der Waals surface area contributed by atoms with E-state index in [2.05, 4.69) is 0 Å². The van der Waals surface area contributed by atoms with Crippen LogP contribution >= 0.6 is 0 Å². The summed E-state index contributed by atoms with van der Waals surface area (Å²) in [5, 5.41) is 0. The van der Waals surface area contributed by atoms with Crippen LogP contribution in [0.4, 0.5) is 0 Å². The Kier molecular flexibility index (Phi) is 5.71. The number of hydrogen-bond acceptors (Lipinski definition) is 3. The highest BCUT2D eigenvalue weighted by Crippen LogP contribution is 2.22. The molecule has 5 heteroatoms. The molecule has 3 aromatic carbocycles. The first-order chi connectivity index (χ1) is 12.6. The number of benzene rings is 3. The minimum absolute atomic E-state index is 0.288. The SMILES string of the molecule is COc1ccc(CN(Cc2ccccc2)S(=O)(=O)c2ccccc2)cc1. The first kappa shape index (κ1) is 18.2. The highest BCUT2D eigenvalue weighted by Gasteiger charge is 2.24. The molecule has 0 aliphatic carbocycles. The van der Waals surface area contributed by atoms with E-state index in [1.807, 2.05) is 60.7 Å². The molecule has 0 N–H and O–H groups in total.